The quantitative estimate of drug-likeness (QED) is 0.804. The molecule has 0 saturated carbocycles. The van der Waals surface area contributed by atoms with Gasteiger partial charge in [0.2, 0.25) is 10.0 Å². The highest BCUT2D eigenvalue weighted by Gasteiger charge is 2.23. The molecule has 3 N–H and O–H groups in total. The smallest absolute Gasteiger partial charge is 0.241 e. The molecular formula is C11H14BrFN2O3S. The Hall–Kier alpha value is -0.700. The SMILES string of the molecule is Nc1cc(S(=O)(=O)NCC2CCOC2)c(Br)cc1F. The molecule has 1 atom stereocenters. The fourth-order valence-electron chi connectivity index (χ4n) is 1.80. The van der Waals surface area contributed by atoms with Crippen LogP contribution in [0.1, 0.15) is 6.42 Å². The first-order valence-electron chi connectivity index (χ1n) is 5.72. The van der Waals surface area contributed by atoms with Gasteiger partial charge in [0.25, 0.3) is 0 Å². The Morgan fingerprint density at radius 1 is 1.53 bits per heavy atom. The number of ether oxygens (including phenoxy) is 1. The Morgan fingerprint density at radius 3 is 2.89 bits per heavy atom. The van der Waals surface area contributed by atoms with Gasteiger partial charge < -0.3 is 10.5 Å². The highest BCUT2D eigenvalue weighted by atomic mass is 79.9. The van der Waals surface area contributed by atoms with Gasteiger partial charge in [-0.2, -0.15) is 0 Å². The van der Waals surface area contributed by atoms with E-state index in [1.807, 2.05) is 0 Å². The van der Waals surface area contributed by atoms with Gasteiger partial charge in [-0.1, -0.05) is 0 Å². The summed E-state index contributed by atoms with van der Waals surface area (Å²) in [5.41, 5.74) is 5.20. The number of nitrogen functional groups attached to an aromatic ring is 1. The summed E-state index contributed by atoms with van der Waals surface area (Å²) in [5.74, 6) is -0.485. The van der Waals surface area contributed by atoms with Crippen molar-refractivity contribution in [2.24, 2.45) is 5.92 Å². The van der Waals surface area contributed by atoms with Crippen LogP contribution < -0.4 is 10.5 Å². The largest absolute Gasteiger partial charge is 0.396 e. The molecule has 1 unspecified atom stereocenters. The monoisotopic (exact) mass is 352 g/mol. The molecular weight excluding hydrogens is 339 g/mol. The van der Waals surface area contributed by atoms with Gasteiger partial charge in [-0.3, -0.25) is 0 Å². The molecule has 106 valence electrons. The standard InChI is InChI=1S/C11H14BrFN2O3S/c12-8-3-9(13)10(14)4-11(8)19(16,17)15-5-7-1-2-18-6-7/h3-4,7,15H,1-2,5-6,14H2. The lowest BCUT2D eigenvalue weighted by Gasteiger charge is -2.12. The third kappa shape index (κ3) is 3.44. The van der Waals surface area contributed by atoms with Gasteiger partial charge in [-0.15, -0.1) is 0 Å². The first-order chi connectivity index (χ1) is 8.90. The van der Waals surface area contributed by atoms with Crippen molar-refractivity contribution in [3.05, 3.63) is 22.4 Å². The Kier molecular flexibility index (Phi) is 4.44. The first-order valence-corrected chi connectivity index (χ1v) is 7.99. The number of nitrogens with two attached hydrogens (primary N) is 1. The number of rotatable bonds is 4. The minimum Gasteiger partial charge on any atom is -0.396 e. The molecule has 0 amide bonds. The number of sulfonamides is 1. The molecule has 0 bridgehead atoms. The van der Waals surface area contributed by atoms with Crippen LogP contribution in [0, 0.1) is 11.7 Å². The van der Waals surface area contributed by atoms with Crippen LogP contribution in [0.5, 0.6) is 0 Å². The van der Waals surface area contributed by atoms with Gasteiger partial charge in [0.05, 0.1) is 17.2 Å². The molecule has 8 heteroatoms. The number of anilines is 1. The van der Waals surface area contributed by atoms with Gasteiger partial charge in [-0.25, -0.2) is 17.5 Å². The topological polar surface area (TPSA) is 81.4 Å². The van der Waals surface area contributed by atoms with Crippen molar-refractivity contribution in [1.29, 1.82) is 0 Å². The summed E-state index contributed by atoms with van der Waals surface area (Å²) in [7, 11) is -3.72. The lowest BCUT2D eigenvalue weighted by atomic mass is 10.1. The molecule has 0 spiro atoms. The summed E-state index contributed by atoms with van der Waals surface area (Å²) < 4.78 is 45.2. The van der Waals surface area contributed by atoms with Crippen molar-refractivity contribution in [1.82, 2.24) is 4.72 Å². The summed E-state index contributed by atoms with van der Waals surface area (Å²) in [6.45, 7) is 1.50. The zero-order valence-electron chi connectivity index (χ0n) is 10.0. The molecule has 1 saturated heterocycles. The van der Waals surface area contributed by atoms with Gasteiger partial charge in [0.15, 0.2) is 0 Å². The highest BCUT2D eigenvalue weighted by molar-refractivity contribution is 9.10. The molecule has 1 fully saturated rings. The maximum absolute atomic E-state index is 13.2. The Bertz CT molecular complexity index is 574. The normalized spacial score (nSPS) is 19.8. The summed E-state index contributed by atoms with van der Waals surface area (Å²) in [6.07, 6.45) is 0.829. The van der Waals surface area contributed by atoms with Crippen LogP contribution in [-0.2, 0) is 14.8 Å². The Morgan fingerprint density at radius 2 is 2.26 bits per heavy atom. The molecule has 0 radical (unpaired) electrons. The highest BCUT2D eigenvalue weighted by Crippen LogP contribution is 2.26. The van der Waals surface area contributed by atoms with Gasteiger partial charge >= 0.3 is 0 Å². The first kappa shape index (κ1) is 14.7. The molecule has 0 aliphatic carbocycles. The van der Waals surface area contributed by atoms with Crippen LogP contribution in [0.3, 0.4) is 0 Å². The lowest BCUT2D eigenvalue weighted by molar-refractivity contribution is 0.186. The van der Waals surface area contributed by atoms with Crippen molar-refractivity contribution in [3.63, 3.8) is 0 Å². The fourth-order valence-corrected chi connectivity index (χ4v) is 3.96. The van der Waals surface area contributed by atoms with E-state index in [0.29, 0.717) is 19.8 Å². The van der Waals surface area contributed by atoms with Crippen molar-refractivity contribution in [2.45, 2.75) is 11.3 Å². The fraction of sp³-hybridized carbons (Fsp3) is 0.455. The summed E-state index contributed by atoms with van der Waals surface area (Å²) >= 11 is 3.03. The third-order valence-corrected chi connectivity index (χ3v) is 5.31. The van der Waals surface area contributed by atoms with Gasteiger partial charge in [0, 0.05) is 17.6 Å². The van der Waals surface area contributed by atoms with Crippen LogP contribution in [0.2, 0.25) is 0 Å². The van der Waals surface area contributed by atoms with E-state index >= 15 is 0 Å². The van der Waals surface area contributed by atoms with Gasteiger partial charge in [0.1, 0.15) is 5.82 Å². The zero-order valence-corrected chi connectivity index (χ0v) is 12.4. The lowest BCUT2D eigenvalue weighted by Crippen LogP contribution is -2.30. The van der Waals surface area contributed by atoms with Crippen LogP contribution in [0.4, 0.5) is 10.1 Å². The van der Waals surface area contributed by atoms with Crippen molar-refractivity contribution in [3.8, 4) is 0 Å². The van der Waals surface area contributed by atoms with E-state index in [4.69, 9.17) is 10.5 Å². The summed E-state index contributed by atoms with van der Waals surface area (Å²) in [4.78, 5) is -0.0645. The number of hydrogen-bond acceptors (Lipinski definition) is 4. The second-order valence-corrected chi connectivity index (χ2v) is 6.98. The second-order valence-electron chi connectivity index (χ2n) is 4.39. The molecule has 1 aromatic rings. The van der Waals surface area contributed by atoms with Crippen LogP contribution >= 0.6 is 15.9 Å². The number of benzene rings is 1. The maximum atomic E-state index is 13.2. The average molecular weight is 353 g/mol. The minimum absolute atomic E-state index is 0.0645. The molecule has 1 aliphatic heterocycles. The van der Waals surface area contributed by atoms with Crippen molar-refractivity contribution >= 4 is 31.6 Å². The van der Waals surface area contributed by atoms with E-state index in [0.717, 1.165) is 18.6 Å². The molecule has 1 aromatic carbocycles. The second kappa shape index (κ2) is 5.74. The Balaban J connectivity index is 2.16. The molecule has 1 aliphatic rings. The van der Waals surface area contributed by atoms with Gasteiger partial charge in [-0.05, 0) is 40.4 Å². The molecule has 19 heavy (non-hydrogen) atoms. The van der Waals surface area contributed by atoms with E-state index in [1.165, 1.54) is 0 Å². The molecule has 1 heterocycles. The zero-order chi connectivity index (χ0) is 14.0. The number of halogens is 2. The summed E-state index contributed by atoms with van der Waals surface area (Å²) in [5, 5.41) is 0. The Labute approximate surface area is 119 Å². The van der Waals surface area contributed by atoms with Crippen LogP contribution in [0.15, 0.2) is 21.5 Å². The van der Waals surface area contributed by atoms with E-state index < -0.39 is 15.8 Å². The van der Waals surface area contributed by atoms with E-state index in [2.05, 4.69) is 20.7 Å². The predicted molar refractivity (Wildman–Crippen MR) is 72.6 cm³/mol. The van der Waals surface area contributed by atoms with Crippen LogP contribution in [0.25, 0.3) is 0 Å². The van der Waals surface area contributed by atoms with E-state index in [1.54, 1.807) is 0 Å². The third-order valence-electron chi connectivity index (χ3n) is 2.93. The molecule has 0 aromatic heterocycles. The summed E-state index contributed by atoms with van der Waals surface area (Å²) in [6, 6.07) is 2.15. The van der Waals surface area contributed by atoms with E-state index in [-0.39, 0.29) is 21.0 Å². The number of hydrogen-bond donors (Lipinski definition) is 2. The van der Waals surface area contributed by atoms with Crippen LogP contribution in [-0.4, -0.2) is 28.2 Å². The molecule has 2 rings (SSSR count). The van der Waals surface area contributed by atoms with Crippen molar-refractivity contribution in [2.75, 3.05) is 25.5 Å². The molecule has 5 nitrogen and oxygen atoms in total. The minimum atomic E-state index is -3.72. The van der Waals surface area contributed by atoms with Crippen molar-refractivity contribution < 1.29 is 17.5 Å². The average Bonchev–Trinajstić information content (AvgIpc) is 2.84. The van der Waals surface area contributed by atoms with E-state index in [9.17, 15) is 12.8 Å². The number of nitrogens with one attached hydrogen (secondary N) is 1. The maximum Gasteiger partial charge on any atom is 0.241 e. The predicted octanol–water partition coefficient (Wildman–Crippen LogP) is 1.49.